The van der Waals surface area contributed by atoms with Crippen molar-refractivity contribution in [2.24, 2.45) is 5.73 Å². The van der Waals surface area contributed by atoms with E-state index in [0.29, 0.717) is 13.0 Å². The third-order valence-electron chi connectivity index (χ3n) is 3.52. The van der Waals surface area contributed by atoms with Gasteiger partial charge in [0.2, 0.25) is 5.91 Å². The van der Waals surface area contributed by atoms with Gasteiger partial charge in [0.15, 0.2) is 0 Å². The van der Waals surface area contributed by atoms with Gasteiger partial charge in [-0.05, 0) is 17.9 Å². The molecule has 0 aliphatic carbocycles. The molecule has 0 aliphatic heterocycles. The van der Waals surface area contributed by atoms with Gasteiger partial charge in [0.1, 0.15) is 6.04 Å². The molecule has 0 radical (unpaired) electrons. The molecular weight excluding hydrogens is 268 g/mol. The van der Waals surface area contributed by atoms with E-state index in [1.165, 1.54) is 12.7 Å². The number of nitrogens with two attached hydrogens (primary N) is 1. The highest BCUT2D eigenvalue weighted by molar-refractivity contribution is 5.79. The minimum atomic E-state index is -0.737. The lowest BCUT2D eigenvalue weighted by atomic mass is 10.0. The SMILES string of the molecule is COC(=O)[C@@H](N)CCC(=O)N(C)CC(C)c1ccccc1. The van der Waals surface area contributed by atoms with Crippen LogP contribution in [0.1, 0.15) is 31.2 Å². The standard InChI is InChI=1S/C16H24N2O3/c1-12(13-7-5-4-6-8-13)11-18(2)15(19)10-9-14(17)16(20)21-3/h4-8,12,14H,9-11,17H2,1-3H3/t12?,14-/m0/s1. The zero-order valence-corrected chi connectivity index (χ0v) is 12.9. The first-order valence-corrected chi connectivity index (χ1v) is 7.08. The highest BCUT2D eigenvalue weighted by Gasteiger charge is 2.18. The lowest BCUT2D eigenvalue weighted by Crippen LogP contribution is -2.35. The lowest BCUT2D eigenvalue weighted by molar-refractivity contribution is -0.142. The monoisotopic (exact) mass is 292 g/mol. The molecule has 5 nitrogen and oxygen atoms in total. The number of methoxy groups -OCH3 is 1. The van der Waals surface area contributed by atoms with Gasteiger partial charge in [-0.2, -0.15) is 0 Å². The Morgan fingerprint density at radius 2 is 1.90 bits per heavy atom. The van der Waals surface area contributed by atoms with E-state index in [-0.39, 0.29) is 18.2 Å². The topological polar surface area (TPSA) is 72.6 Å². The second kappa shape index (κ2) is 8.42. The van der Waals surface area contributed by atoms with Crippen LogP contribution >= 0.6 is 0 Å². The molecule has 1 rings (SSSR count). The molecule has 0 aliphatic rings. The van der Waals surface area contributed by atoms with Crippen LogP contribution < -0.4 is 5.73 Å². The first-order valence-electron chi connectivity index (χ1n) is 7.08. The number of benzene rings is 1. The van der Waals surface area contributed by atoms with Crippen LogP contribution in [-0.2, 0) is 14.3 Å². The number of nitrogens with zero attached hydrogens (tertiary/aromatic N) is 1. The van der Waals surface area contributed by atoms with E-state index >= 15 is 0 Å². The number of amides is 1. The number of carbonyl (C=O) groups excluding carboxylic acids is 2. The van der Waals surface area contributed by atoms with E-state index in [1.54, 1.807) is 11.9 Å². The molecule has 1 amide bonds. The van der Waals surface area contributed by atoms with E-state index in [1.807, 2.05) is 18.2 Å². The first-order chi connectivity index (χ1) is 9.95. The van der Waals surface area contributed by atoms with Crippen molar-refractivity contribution >= 4 is 11.9 Å². The number of hydrogen-bond donors (Lipinski definition) is 1. The summed E-state index contributed by atoms with van der Waals surface area (Å²) in [6.45, 7) is 2.72. The highest BCUT2D eigenvalue weighted by atomic mass is 16.5. The number of esters is 1. The van der Waals surface area contributed by atoms with E-state index in [4.69, 9.17) is 5.73 Å². The normalized spacial score (nSPS) is 13.3. The fraction of sp³-hybridized carbons (Fsp3) is 0.500. The Morgan fingerprint density at radius 3 is 2.48 bits per heavy atom. The smallest absolute Gasteiger partial charge is 0.322 e. The fourth-order valence-corrected chi connectivity index (χ4v) is 2.14. The van der Waals surface area contributed by atoms with Crippen LogP contribution in [0.4, 0.5) is 0 Å². The average Bonchev–Trinajstić information content (AvgIpc) is 2.51. The molecule has 0 aromatic heterocycles. The van der Waals surface area contributed by atoms with Crippen molar-refractivity contribution in [3.63, 3.8) is 0 Å². The van der Waals surface area contributed by atoms with Gasteiger partial charge in [-0.3, -0.25) is 9.59 Å². The Labute approximate surface area is 126 Å². The zero-order valence-electron chi connectivity index (χ0n) is 12.9. The predicted octanol–water partition coefficient (Wildman–Crippen LogP) is 1.53. The van der Waals surface area contributed by atoms with Crippen LogP contribution in [0.5, 0.6) is 0 Å². The first kappa shape index (κ1) is 17.2. The molecule has 0 heterocycles. The zero-order chi connectivity index (χ0) is 15.8. The van der Waals surface area contributed by atoms with E-state index in [9.17, 15) is 9.59 Å². The molecule has 0 saturated heterocycles. The molecule has 1 aromatic rings. The fourth-order valence-electron chi connectivity index (χ4n) is 2.14. The number of ether oxygens (including phenoxy) is 1. The molecule has 1 unspecified atom stereocenters. The second-order valence-electron chi connectivity index (χ2n) is 5.25. The molecule has 0 saturated carbocycles. The molecule has 2 atom stereocenters. The molecule has 0 fully saturated rings. The van der Waals surface area contributed by atoms with Gasteiger partial charge >= 0.3 is 5.97 Å². The summed E-state index contributed by atoms with van der Waals surface area (Å²) >= 11 is 0. The van der Waals surface area contributed by atoms with Gasteiger partial charge in [-0.15, -0.1) is 0 Å². The minimum absolute atomic E-state index is 0.0165. The highest BCUT2D eigenvalue weighted by Crippen LogP contribution is 2.16. The number of hydrogen-bond acceptors (Lipinski definition) is 4. The maximum atomic E-state index is 12.0. The van der Waals surface area contributed by atoms with Gasteiger partial charge in [-0.25, -0.2) is 0 Å². The summed E-state index contributed by atoms with van der Waals surface area (Å²) in [5.74, 6) is -0.241. The molecule has 1 aromatic carbocycles. The molecule has 2 N–H and O–H groups in total. The Bertz CT molecular complexity index is 462. The lowest BCUT2D eigenvalue weighted by Gasteiger charge is -2.22. The van der Waals surface area contributed by atoms with Crippen molar-refractivity contribution in [1.82, 2.24) is 4.90 Å². The van der Waals surface area contributed by atoms with E-state index in [2.05, 4.69) is 23.8 Å². The molecule has 21 heavy (non-hydrogen) atoms. The third-order valence-corrected chi connectivity index (χ3v) is 3.52. The van der Waals surface area contributed by atoms with Crippen molar-refractivity contribution in [2.75, 3.05) is 20.7 Å². The second-order valence-corrected chi connectivity index (χ2v) is 5.25. The molecule has 0 bridgehead atoms. The van der Waals surface area contributed by atoms with Crippen molar-refractivity contribution in [3.05, 3.63) is 35.9 Å². The quantitative estimate of drug-likeness (QED) is 0.774. The Morgan fingerprint density at radius 1 is 1.29 bits per heavy atom. The van der Waals surface area contributed by atoms with Crippen molar-refractivity contribution in [1.29, 1.82) is 0 Å². The van der Waals surface area contributed by atoms with Crippen LogP contribution in [0.15, 0.2) is 30.3 Å². The maximum Gasteiger partial charge on any atom is 0.322 e. The Hall–Kier alpha value is -1.88. The predicted molar refractivity (Wildman–Crippen MR) is 81.7 cm³/mol. The Kier molecular flexibility index (Phi) is 6.88. The molecule has 0 spiro atoms. The van der Waals surface area contributed by atoms with Gasteiger partial charge in [0, 0.05) is 20.0 Å². The van der Waals surface area contributed by atoms with Crippen LogP contribution in [-0.4, -0.2) is 43.5 Å². The summed E-state index contributed by atoms with van der Waals surface area (Å²) in [5, 5.41) is 0. The average molecular weight is 292 g/mol. The number of carbonyl (C=O) groups is 2. The third kappa shape index (κ3) is 5.55. The largest absolute Gasteiger partial charge is 0.468 e. The maximum absolute atomic E-state index is 12.0. The number of likely N-dealkylation sites (N-methyl/N-ethyl adjacent to an activating group) is 1. The van der Waals surface area contributed by atoms with E-state index in [0.717, 1.165) is 0 Å². The van der Waals surface area contributed by atoms with Crippen LogP contribution in [0.3, 0.4) is 0 Å². The summed E-state index contributed by atoms with van der Waals surface area (Å²) < 4.78 is 4.54. The van der Waals surface area contributed by atoms with Crippen molar-refractivity contribution in [2.45, 2.75) is 31.7 Å². The van der Waals surface area contributed by atoms with E-state index < -0.39 is 12.0 Å². The summed E-state index contributed by atoms with van der Waals surface area (Å²) in [5.41, 5.74) is 6.82. The summed E-state index contributed by atoms with van der Waals surface area (Å²) in [4.78, 5) is 24.9. The van der Waals surface area contributed by atoms with Gasteiger partial charge in [-0.1, -0.05) is 37.3 Å². The summed E-state index contributed by atoms with van der Waals surface area (Å²) in [6, 6.07) is 9.32. The Balaban J connectivity index is 2.42. The summed E-state index contributed by atoms with van der Waals surface area (Å²) in [7, 11) is 3.06. The van der Waals surface area contributed by atoms with Crippen LogP contribution in [0, 0.1) is 0 Å². The van der Waals surface area contributed by atoms with Crippen LogP contribution in [0.2, 0.25) is 0 Å². The summed E-state index contributed by atoms with van der Waals surface area (Å²) in [6.07, 6.45) is 0.545. The van der Waals surface area contributed by atoms with Crippen molar-refractivity contribution < 1.29 is 14.3 Å². The van der Waals surface area contributed by atoms with Gasteiger partial charge in [0.05, 0.1) is 7.11 Å². The molecule has 116 valence electrons. The molecule has 5 heteroatoms. The van der Waals surface area contributed by atoms with Crippen molar-refractivity contribution in [3.8, 4) is 0 Å². The number of rotatable bonds is 7. The van der Waals surface area contributed by atoms with Gasteiger partial charge < -0.3 is 15.4 Å². The van der Waals surface area contributed by atoms with Crippen LogP contribution in [0.25, 0.3) is 0 Å². The minimum Gasteiger partial charge on any atom is -0.468 e. The van der Waals surface area contributed by atoms with Gasteiger partial charge in [0.25, 0.3) is 0 Å². The molecular formula is C16H24N2O3.